The van der Waals surface area contributed by atoms with Crippen LogP contribution in [0.25, 0.3) is 0 Å². The van der Waals surface area contributed by atoms with Crippen molar-refractivity contribution in [3.05, 3.63) is 52.6 Å². The Morgan fingerprint density at radius 1 is 1.00 bits per heavy atom. The number of carbonyl (C=O) groups is 1. The van der Waals surface area contributed by atoms with Crippen molar-refractivity contribution in [2.24, 2.45) is 0 Å². The lowest BCUT2D eigenvalue weighted by molar-refractivity contribution is -0.123. The third kappa shape index (κ3) is 5.16. The van der Waals surface area contributed by atoms with Crippen molar-refractivity contribution in [2.45, 2.75) is 40.2 Å². The van der Waals surface area contributed by atoms with E-state index < -0.39 is 0 Å². The Hall–Kier alpha value is -2.69. The molecule has 2 rings (SSSR count). The Morgan fingerprint density at radius 3 is 2.33 bits per heavy atom. The maximum atomic E-state index is 12.4. The predicted molar refractivity (Wildman–Crippen MR) is 107 cm³/mol. The van der Waals surface area contributed by atoms with Gasteiger partial charge in [0.2, 0.25) is 0 Å². The van der Waals surface area contributed by atoms with Gasteiger partial charge in [-0.3, -0.25) is 4.79 Å². The number of amides is 1. The Bertz CT molecular complexity index is 801. The van der Waals surface area contributed by atoms with E-state index in [1.165, 1.54) is 0 Å². The third-order valence-corrected chi connectivity index (χ3v) is 4.68. The zero-order chi connectivity index (χ0) is 20.0. The molecule has 2 aromatic carbocycles. The zero-order valence-electron chi connectivity index (χ0n) is 17.0. The summed E-state index contributed by atoms with van der Waals surface area (Å²) in [4.78, 5) is 12.4. The maximum Gasteiger partial charge on any atom is 0.258 e. The summed E-state index contributed by atoms with van der Waals surface area (Å²) in [5.74, 6) is 1.90. The van der Waals surface area contributed by atoms with Crippen LogP contribution < -0.4 is 19.5 Å². The molecule has 0 aromatic heterocycles. The highest BCUT2D eigenvalue weighted by molar-refractivity contribution is 5.78. The minimum Gasteiger partial charge on any atom is -0.493 e. The lowest BCUT2D eigenvalue weighted by atomic mass is 10.0. The van der Waals surface area contributed by atoms with E-state index in [1.54, 1.807) is 14.2 Å². The quantitative estimate of drug-likeness (QED) is 0.753. The molecule has 0 radical (unpaired) electrons. The second-order valence-corrected chi connectivity index (χ2v) is 6.64. The fraction of sp³-hybridized carbons (Fsp3) is 0.409. The minimum absolute atomic E-state index is 0.0203. The van der Waals surface area contributed by atoms with Crippen molar-refractivity contribution >= 4 is 5.91 Å². The predicted octanol–water partition coefficient (Wildman–Crippen LogP) is 4.28. The molecule has 0 bridgehead atoms. The molecule has 0 aliphatic carbocycles. The normalized spacial score (nSPS) is 11.6. The number of methoxy groups -OCH3 is 2. The van der Waals surface area contributed by atoms with Crippen LogP contribution in [-0.4, -0.2) is 26.7 Å². The third-order valence-electron chi connectivity index (χ3n) is 4.68. The molecule has 146 valence electrons. The monoisotopic (exact) mass is 371 g/mol. The average Bonchev–Trinajstić information content (AvgIpc) is 2.67. The highest BCUT2D eigenvalue weighted by Crippen LogP contribution is 2.31. The molecule has 2 aromatic rings. The topological polar surface area (TPSA) is 56.8 Å². The average molecular weight is 371 g/mol. The van der Waals surface area contributed by atoms with Crippen LogP contribution in [0.5, 0.6) is 17.2 Å². The molecule has 0 heterocycles. The van der Waals surface area contributed by atoms with Gasteiger partial charge in [0, 0.05) is 0 Å². The molecule has 5 nitrogen and oxygen atoms in total. The first-order valence-corrected chi connectivity index (χ1v) is 9.11. The van der Waals surface area contributed by atoms with Gasteiger partial charge in [0.1, 0.15) is 5.75 Å². The lowest BCUT2D eigenvalue weighted by Crippen LogP contribution is -2.32. The maximum absolute atomic E-state index is 12.4. The van der Waals surface area contributed by atoms with Gasteiger partial charge < -0.3 is 19.5 Å². The molecule has 0 saturated heterocycles. The lowest BCUT2D eigenvalue weighted by Gasteiger charge is -2.19. The van der Waals surface area contributed by atoms with Gasteiger partial charge in [-0.15, -0.1) is 0 Å². The van der Waals surface area contributed by atoms with E-state index in [1.807, 2.05) is 52.0 Å². The molecule has 0 fully saturated rings. The largest absolute Gasteiger partial charge is 0.493 e. The number of carbonyl (C=O) groups excluding carboxylic acids is 1. The number of rotatable bonds is 8. The summed E-state index contributed by atoms with van der Waals surface area (Å²) in [7, 11) is 3.20. The molecule has 0 unspecified atom stereocenters. The zero-order valence-corrected chi connectivity index (χ0v) is 17.0. The summed E-state index contributed by atoms with van der Waals surface area (Å²) in [6.07, 6.45) is 0.754. The molecular formula is C22H29NO4. The van der Waals surface area contributed by atoms with E-state index in [-0.39, 0.29) is 18.6 Å². The van der Waals surface area contributed by atoms with Crippen molar-refractivity contribution in [1.82, 2.24) is 5.32 Å². The van der Waals surface area contributed by atoms with Crippen molar-refractivity contribution in [1.29, 1.82) is 0 Å². The van der Waals surface area contributed by atoms with Gasteiger partial charge in [-0.2, -0.15) is 0 Å². The van der Waals surface area contributed by atoms with Crippen LogP contribution in [0, 0.1) is 20.8 Å². The first kappa shape index (κ1) is 20.6. The van der Waals surface area contributed by atoms with Crippen LogP contribution in [0.15, 0.2) is 30.3 Å². The van der Waals surface area contributed by atoms with Gasteiger partial charge in [0.05, 0.1) is 20.3 Å². The van der Waals surface area contributed by atoms with E-state index in [0.29, 0.717) is 11.5 Å². The molecule has 0 aliphatic heterocycles. The van der Waals surface area contributed by atoms with Crippen LogP contribution in [0.4, 0.5) is 0 Å². The first-order chi connectivity index (χ1) is 12.9. The van der Waals surface area contributed by atoms with Crippen molar-refractivity contribution in [2.75, 3.05) is 20.8 Å². The molecule has 0 aliphatic rings. The Kier molecular flexibility index (Phi) is 7.11. The summed E-state index contributed by atoms with van der Waals surface area (Å²) < 4.78 is 16.4. The fourth-order valence-electron chi connectivity index (χ4n) is 3.02. The Balaban J connectivity index is 2.05. The van der Waals surface area contributed by atoms with Gasteiger partial charge >= 0.3 is 0 Å². The molecule has 1 amide bonds. The van der Waals surface area contributed by atoms with Gasteiger partial charge in [-0.25, -0.2) is 0 Å². The summed E-state index contributed by atoms with van der Waals surface area (Å²) >= 11 is 0. The van der Waals surface area contributed by atoms with Crippen LogP contribution in [0.3, 0.4) is 0 Å². The van der Waals surface area contributed by atoms with E-state index in [0.717, 1.165) is 34.4 Å². The van der Waals surface area contributed by atoms with Crippen molar-refractivity contribution in [3.63, 3.8) is 0 Å². The molecule has 5 heteroatoms. The highest BCUT2D eigenvalue weighted by Gasteiger charge is 2.16. The number of ether oxygens (including phenoxy) is 3. The van der Waals surface area contributed by atoms with Gasteiger partial charge in [0.15, 0.2) is 18.1 Å². The summed E-state index contributed by atoms with van der Waals surface area (Å²) in [6.45, 7) is 8.06. The smallest absolute Gasteiger partial charge is 0.258 e. The summed E-state index contributed by atoms with van der Waals surface area (Å²) in [5, 5.41) is 3.03. The first-order valence-electron chi connectivity index (χ1n) is 9.11. The second kappa shape index (κ2) is 9.31. The number of hydrogen-bond donors (Lipinski definition) is 1. The van der Waals surface area contributed by atoms with Crippen LogP contribution in [0.2, 0.25) is 0 Å². The standard InChI is InChI=1S/C22H29NO4/c1-7-18(17-8-9-19(25-5)21(12-17)26-6)23-22(24)13-27-20-11-14(2)10-15(3)16(20)4/h8-12,18H,7,13H2,1-6H3,(H,23,24)/t18-/m0/s1. The van der Waals surface area contributed by atoms with Crippen LogP contribution in [0.1, 0.15) is 41.6 Å². The fourth-order valence-corrected chi connectivity index (χ4v) is 3.02. The molecular weight excluding hydrogens is 342 g/mol. The summed E-state index contributed by atoms with van der Waals surface area (Å²) in [6, 6.07) is 9.61. The number of aryl methyl sites for hydroxylation is 2. The number of hydrogen-bond acceptors (Lipinski definition) is 4. The van der Waals surface area contributed by atoms with Gasteiger partial charge in [-0.1, -0.05) is 19.1 Å². The minimum atomic E-state index is -0.157. The summed E-state index contributed by atoms with van der Waals surface area (Å²) in [5.41, 5.74) is 4.29. The van der Waals surface area contributed by atoms with Crippen LogP contribution >= 0.6 is 0 Å². The van der Waals surface area contributed by atoms with Crippen molar-refractivity contribution < 1.29 is 19.0 Å². The van der Waals surface area contributed by atoms with Crippen LogP contribution in [-0.2, 0) is 4.79 Å². The molecule has 1 N–H and O–H groups in total. The van der Waals surface area contributed by atoms with Gasteiger partial charge in [-0.05, 0) is 67.6 Å². The molecule has 0 spiro atoms. The number of nitrogens with one attached hydrogen (secondary N) is 1. The van der Waals surface area contributed by atoms with E-state index in [4.69, 9.17) is 14.2 Å². The molecule has 27 heavy (non-hydrogen) atoms. The Morgan fingerprint density at radius 2 is 1.70 bits per heavy atom. The molecule has 0 saturated carbocycles. The Labute approximate surface area is 161 Å². The van der Waals surface area contributed by atoms with Crippen molar-refractivity contribution in [3.8, 4) is 17.2 Å². The highest BCUT2D eigenvalue weighted by atomic mass is 16.5. The molecule has 1 atom stereocenters. The van der Waals surface area contributed by atoms with Gasteiger partial charge in [0.25, 0.3) is 5.91 Å². The second-order valence-electron chi connectivity index (χ2n) is 6.64. The SMILES string of the molecule is CC[C@H](NC(=O)COc1cc(C)cc(C)c1C)c1ccc(OC)c(OC)c1. The van der Waals surface area contributed by atoms with E-state index in [2.05, 4.69) is 11.4 Å². The van der Waals surface area contributed by atoms with E-state index in [9.17, 15) is 4.79 Å². The number of benzene rings is 2. The van der Waals surface area contributed by atoms with E-state index >= 15 is 0 Å².